The number of unbranched alkanes of at least 4 members (excludes halogenated alkanes) is 17. The fourth-order valence-corrected chi connectivity index (χ4v) is 4.65. The van der Waals surface area contributed by atoms with Crippen LogP contribution in [0, 0.1) is 0 Å². The van der Waals surface area contributed by atoms with Gasteiger partial charge in [0.1, 0.15) is 0 Å². The lowest BCUT2D eigenvalue weighted by Crippen LogP contribution is -2.13. The van der Waals surface area contributed by atoms with Crippen LogP contribution in [-0.4, -0.2) is 18.5 Å². The number of para-hydroxylation sites is 1. The van der Waals surface area contributed by atoms with Gasteiger partial charge in [-0.3, -0.25) is 9.59 Å². The molecule has 1 rings (SSSR count). The number of hydrogen-bond donors (Lipinski definition) is 0. The quantitative estimate of drug-likeness (QED) is 0.0657. The molecule has 0 spiro atoms. The van der Waals surface area contributed by atoms with Crippen LogP contribution in [-0.2, 0) is 9.59 Å². The third-order valence-corrected chi connectivity index (χ3v) is 7.11. The van der Waals surface area contributed by atoms with Crippen molar-refractivity contribution in [3.05, 3.63) is 18.2 Å². The van der Waals surface area contributed by atoms with E-state index in [-0.39, 0.29) is 23.4 Å². The summed E-state index contributed by atoms with van der Waals surface area (Å²) in [5, 5.41) is 0. The highest BCUT2D eigenvalue weighted by molar-refractivity contribution is 5.77. The molecule has 0 bridgehead atoms. The highest BCUT2D eigenvalue weighted by Gasteiger charge is 2.19. The molecule has 0 radical (unpaired) electrons. The largest absolute Gasteiger partial charge is 0.490 e. The molecule has 0 saturated carbocycles. The SMILES string of the molecule is CCCCCCCCCC(=O)Oc1cccc(OCCCCCCCC)c1OC(=O)CCCCCCCCC. The van der Waals surface area contributed by atoms with Gasteiger partial charge in [0, 0.05) is 12.8 Å². The van der Waals surface area contributed by atoms with Gasteiger partial charge >= 0.3 is 11.9 Å². The molecular weight excluding hydrogens is 488 g/mol. The molecule has 0 N–H and O–H groups in total. The minimum atomic E-state index is -0.302. The minimum Gasteiger partial charge on any atom is -0.490 e. The first kappa shape index (κ1) is 35.0. The average Bonchev–Trinajstić information content (AvgIpc) is 2.93. The van der Waals surface area contributed by atoms with Gasteiger partial charge in [0.25, 0.3) is 0 Å². The average molecular weight is 547 g/mol. The van der Waals surface area contributed by atoms with Gasteiger partial charge in [-0.05, 0) is 31.4 Å². The van der Waals surface area contributed by atoms with Crippen molar-refractivity contribution in [2.45, 2.75) is 162 Å². The molecule has 39 heavy (non-hydrogen) atoms. The summed E-state index contributed by atoms with van der Waals surface area (Å²) >= 11 is 0. The first-order valence-corrected chi connectivity index (χ1v) is 16.3. The Balaban J connectivity index is 2.65. The molecule has 0 aliphatic heterocycles. The van der Waals surface area contributed by atoms with Crippen molar-refractivity contribution in [2.75, 3.05) is 6.61 Å². The standard InChI is InChI=1S/C34H58O5/c1-4-7-10-13-16-18-21-27-32(35)38-31-26-24-25-30(37-29-23-20-15-12-9-6-3)34(31)39-33(36)28-22-19-17-14-11-8-5-2/h24-26H,4-23,27-29H2,1-3H3. The number of rotatable bonds is 26. The van der Waals surface area contributed by atoms with Crippen molar-refractivity contribution in [2.24, 2.45) is 0 Å². The molecule has 0 aliphatic carbocycles. The van der Waals surface area contributed by atoms with E-state index in [4.69, 9.17) is 14.2 Å². The molecule has 0 unspecified atom stereocenters. The first-order chi connectivity index (χ1) is 19.1. The van der Waals surface area contributed by atoms with E-state index in [1.165, 1.54) is 77.0 Å². The molecule has 0 aliphatic rings. The summed E-state index contributed by atoms with van der Waals surface area (Å²) in [6.45, 7) is 7.19. The number of carbonyl (C=O) groups is 2. The van der Waals surface area contributed by atoms with Crippen molar-refractivity contribution >= 4 is 11.9 Å². The molecule has 0 amide bonds. The van der Waals surface area contributed by atoms with E-state index in [0.29, 0.717) is 25.2 Å². The summed E-state index contributed by atoms with van der Waals surface area (Å²) in [7, 11) is 0. The highest BCUT2D eigenvalue weighted by Crippen LogP contribution is 2.38. The van der Waals surface area contributed by atoms with Gasteiger partial charge in [0.05, 0.1) is 6.61 Å². The number of esters is 2. The van der Waals surface area contributed by atoms with Crippen LogP contribution in [0.4, 0.5) is 0 Å². The summed E-state index contributed by atoms with van der Waals surface area (Å²) in [4.78, 5) is 25.3. The molecule has 0 aromatic heterocycles. The molecule has 0 heterocycles. The molecule has 1 aromatic carbocycles. The lowest BCUT2D eigenvalue weighted by Gasteiger charge is -2.15. The molecule has 0 saturated heterocycles. The third kappa shape index (κ3) is 18.8. The van der Waals surface area contributed by atoms with E-state index < -0.39 is 0 Å². The summed E-state index contributed by atoms with van der Waals surface area (Å²) in [6, 6.07) is 5.28. The molecule has 5 nitrogen and oxygen atoms in total. The van der Waals surface area contributed by atoms with E-state index in [9.17, 15) is 9.59 Å². The first-order valence-electron chi connectivity index (χ1n) is 16.3. The van der Waals surface area contributed by atoms with E-state index in [0.717, 1.165) is 51.4 Å². The minimum absolute atomic E-state index is 0.240. The van der Waals surface area contributed by atoms with Crippen LogP contribution < -0.4 is 14.2 Å². The van der Waals surface area contributed by atoms with Gasteiger partial charge in [-0.1, -0.05) is 136 Å². The van der Waals surface area contributed by atoms with Crippen molar-refractivity contribution in [1.82, 2.24) is 0 Å². The van der Waals surface area contributed by atoms with Crippen LogP contribution in [0.15, 0.2) is 18.2 Å². The van der Waals surface area contributed by atoms with Crippen molar-refractivity contribution in [1.29, 1.82) is 0 Å². The van der Waals surface area contributed by atoms with Crippen LogP contribution in [0.2, 0.25) is 0 Å². The van der Waals surface area contributed by atoms with Gasteiger partial charge in [0.15, 0.2) is 11.5 Å². The fourth-order valence-electron chi connectivity index (χ4n) is 4.65. The van der Waals surface area contributed by atoms with Crippen molar-refractivity contribution in [3.8, 4) is 17.2 Å². The Kier molecular flexibility index (Phi) is 22.4. The lowest BCUT2D eigenvalue weighted by atomic mass is 10.1. The molecule has 5 heteroatoms. The monoisotopic (exact) mass is 546 g/mol. The van der Waals surface area contributed by atoms with Crippen LogP contribution >= 0.6 is 0 Å². The maximum Gasteiger partial charge on any atom is 0.311 e. The van der Waals surface area contributed by atoms with Crippen molar-refractivity contribution in [3.63, 3.8) is 0 Å². The maximum absolute atomic E-state index is 12.7. The Morgan fingerprint density at radius 2 is 0.923 bits per heavy atom. The second-order valence-corrected chi connectivity index (χ2v) is 10.9. The highest BCUT2D eigenvalue weighted by atomic mass is 16.6. The smallest absolute Gasteiger partial charge is 0.311 e. The Labute approximate surface area is 239 Å². The topological polar surface area (TPSA) is 61.8 Å². The van der Waals surface area contributed by atoms with E-state index >= 15 is 0 Å². The molecule has 0 atom stereocenters. The van der Waals surface area contributed by atoms with Crippen LogP contribution in [0.5, 0.6) is 17.2 Å². The fraction of sp³-hybridized carbons (Fsp3) is 0.765. The summed E-state index contributed by atoms with van der Waals surface area (Å²) < 4.78 is 17.5. The predicted molar refractivity (Wildman–Crippen MR) is 162 cm³/mol. The maximum atomic E-state index is 12.7. The van der Waals surface area contributed by atoms with Crippen LogP contribution in [0.1, 0.15) is 162 Å². The van der Waals surface area contributed by atoms with Crippen LogP contribution in [0.25, 0.3) is 0 Å². The second-order valence-electron chi connectivity index (χ2n) is 10.9. The van der Waals surface area contributed by atoms with Gasteiger partial charge in [-0.2, -0.15) is 0 Å². The van der Waals surface area contributed by atoms with E-state index in [2.05, 4.69) is 20.8 Å². The molecular formula is C34H58O5. The molecule has 224 valence electrons. The molecule has 0 fully saturated rings. The van der Waals surface area contributed by atoms with E-state index in [1.807, 2.05) is 0 Å². The van der Waals surface area contributed by atoms with Gasteiger partial charge < -0.3 is 14.2 Å². The lowest BCUT2D eigenvalue weighted by molar-refractivity contribution is -0.137. The Hall–Kier alpha value is -2.04. The van der Waals surface area contributed by atoms with E-state index in [1.54, 1.807) is 18.2 Å². The summed E-state index contributed by atoms with van der Waals surface area (Å²) in [5.41, 5.74) is 0. The van der Waals surface area contributed by atoms with Crippen molar-refractivity contribution < 1.29 is 23.8 Å². The third-order valence-electron chi connectivity index (χ3n) is 7.11. The summed E-state index contributed by atoms with van der Waals surface area (Å²) in [5.74, 6) is 0.392. The number of hydrogen-bond acceptors (Lipinski definition) is 5. The zero-order chi connectivity index (χ0) is 28.4. The zero-order valence-electron chi connectivity index (χ0n) is 25.5. The number of carbonyl (C=O) groups excluding carboxylic acids is 2. The Morgan fingerprint density at radius 1 is 0.513 bits per heavy atom. The Morgan fingerprint density at radius 3 is 1.44 bits per heavy atom. The summed E-state index contributed by atoms with van der Waals surface area (Å²) in [6.07, 6.45) is 23.7. The predicted octanol–water partition coefficient (Wildman–Crippen LogP) is 10.5. The van der Waals surface area contributed by atoms with Gasteiger partial charge in [-0.15, -0.1) is 0 Å². The normalized spacial score (nSPS) is 10.9. The van der Waals surface area contributed by atoms with Gasteiger partial charge in [-0.25, -0.2) is 0 Å². The van der Waals surface area contributed by atoms with Gasteiger partial charge in [0.2, 0.25) is 5.75 Å². The molecule has 1 aromatic rings. The second kappa shape index (κ2) is 25.0. The number of ether oxygens (including phenoxy) is 3. The zero-order valence-corrected chi connectivity index (χ0v) is 25.5. The van der Waals surface area contributed by atoms with Crippen LogP contribution in [0.3, 0.4) is 0 Å². The number of benzene rings is 1. The Bertz CT molecular complexity index is 745.